The summed E-state index contributed by atoms with van der Waals surface area (Å²) in [6, 6.07) is 9.22. The van der Waals surface area contributed by atoms with Crippen molar-refractivity contribution in [3.8, 4) is 17.0 Å². The van der Waals surface area contributed by atoms with Gasteiger partial charge in [-0.15, -0.1) is 11.3 Å². The van der Waals surface area contributed by atoms with Crippen LogP contribution in [0.5, 0.6) is 5.75 Å². The minimum absolute atomic E-state index is 0.321. The molecule has 5 nitrogen and oxygen atoms in total. The zero-order chi connectivity index (χ0) is 14.3. The molecule has 2 heterocycles. The minimum atomic E-state index is -1.26. The molecule has 3 aromatic rings. The second kappa shape index (κ2) is 4.57. The molecule has 0 amide bonds. The summed E-state index contributed by atoms with van der Waals surface area (Å²) in [6.07, 6.45) is 0. The van der Waals surface area contributed by atoms with Crippen LogP contribution < -0.4 is 0 Å². The summed E-state index contributed by atoms with van der Waals surface area (Å²) in [7, 11) is 0. The highest BCUT2D eigenvalue weighted by atomic mass is 32.1. The number of thiazole rings is 1. The number of carboxylic acids is 1. The number of nitrogens with zero attached hydrogens (tertiary/aromatic N) is 2. The average Bonchev–Trinajstić information content (AvgIpc) is 2.82. The summed E-state index contributed by atoms with van der Waals surface area (Å²) in [5.74, 6) is -1.58. The van der Waals surface area contributed by atoms with Gasteiger partial charge in [-0.25, -0.2) is 14.8 Å². The van der Waals surface area contributed by atoms with Gasteiger partial charge in [-0.3, -0.25) is 0 Å². The molecule has 0 saturated heterocycles. The van der Waals surface area contributed by atoms with Crippen molar-refractivity contribution in [1.82, 2.24) is 9.97 Å². The molecule has 0 aliphatic carbocycles. The normalized spacial score (nSPS) is 10.8. The highest BCUT2D eigenvalue weighted by Crippen LogP contribution is 2.37. The fraction of sp³-hybridized carbons (Fsp3) is 0.0714. The molecular weight excluding hydrogens is 276 g/mol. The zero-order valence-electron chi connectivity index (χ0n) is 10.5. The lowest BCUT2D eigenvalue weighted by Gasteiger charge is -2.06. The van der Waals surface area contributed by atoms with Crippen molar-refractivity contribution >= 4 is 27.5 Å². The van der Waals surface area contributed by atoms with E-state index in [-0.39, 0.29) is 11.4 Å². The Hall–Kier alpha value is -2.47. The number of benzene rings is 1. The molecule has 0 saturated carbocycles. The SMILES string of the molecule is Cc1nc2c(-c3ccccc3)nc(C(=O)O)c(O)c2s1. The highest BCUT2D eigenvalue weighted by molar-refractivity contribution is 7.19. The lowest BCUT2D eigenvalue weighted by molar-refractivity contribution is 0.0687. The van der Waals surface area contributed by atoms with Gasteiger partial charge < -0.3 is 10.2 Å². The molecule has 0 spiro atoms. The van der Waals surface area contributed by atoms with E-state index in [0.29, 0.717) is 15.9 Å². The summed E-state index contributed by atoms with van der Waals surface area (Å²) in [6.45, 7) is 1.80. The number of carbonyl (C=O) groups is 1. The number of fused-ring (bicyclic) bond motifs is 1. The topological polar surface area (TPSA) is 83.3 Å². The van der Waals surface area contributed by atoms with Crippen molar-refractivity contribution < 1.29 is 15.0 Å². The van der Waals surface area contributed by atoms with Gasteiger partial charge in [0.15, 0.2) is 11.4 Å². The third kappa shape index (κ3) is 1.90. The maximum atomic E-state index is 11.2. The molecule has 0 aliphatic rings. The first-order valence-electron chi connectivity index (χ1n) is 5.86. The molecule has 0 aliphatic heterocycles. The van der Waals surface area contributed by atoms with Crippen LogP contribution in [-0.2, 0) is 0 Å². The predicted octanol–water partition coefficient (Wildman–Crippen LogP) is 3.07. The van der Waals surface area contributed by atoms with Gasteiger partial charge in [0.2, 0.25) is 0 Å². The number of aromatic carboxylic acids is 1. The quantitative estimate of drug-likeness (QED) is 0.756. The average molecular weight is 286 g/mol. The molecule has 20 heavy (non-hydrogen) atoms. The second-order valence-electron chi connectivity index (χ2n) is 4.24. The van der Waals surface area contributed by atoms with Crippen LogP contribution in [0.3, 0.4) is 0 Å². The van der Waals surface area contributed by atoms with Crippen LogP contribution >= 0.6 is 11.3 Å². The minimum Gasteiger partial charge on any atom is -0.504 e. The fourth-order valence-corrected chi connectivity index (χ4v) is 2.88. The van der Waals surface area contributed by atoms with Gasteiger partial charge >= 0.3 is 5.97 Å². The molecule has 1 aromatic carbocycles. The standard InChI is InChI=1S/C14H10N2O3S/c1-7-15-10-9(8-5-3-2-4-6-8)16-11(14(18)19)12(17)13(10)20-7/h2-6,17H,1H3,(H,18,19). The first-order valence-corrected chi connectivity index (χ1v) is 6.68. The molecule has 100 valence electrons. The number of pyridine rings is 1. The largest absolute Gasteiger partial charge is 0.504 e. The molecular formula is C14H10N2O3S. The van der Waals surface area contributed by atoms with Crippen molar-refractivity contribution in [2.75, 3.05) is 0 Å². The van der Waals surface area contributed by atoms with E-state index in [1.807, 2.05) is 30.3 Å². The first-order chi connectivity index (χ1) is 9.58. The summed E-state index contributed by atoms with van der Waals surface area (Å²) in [5.41, 5.74) is 1.42. The maximum absolute atomic E-state index is 11.2. The van der Waals surface area contributed by atoms with Crippen LogP contribution in [-0.4, -0.2) is 26.2 Å². The van der Waals surface area contributed by atoms with E-state index in [2.05, 4.69) is 9.97 Å². The Kier molecular flexibility index (Phi) is 2.87. The van der Waals surface area contributed by atoms with E-state index in [1.54, 1.807) is 6.92 Å². The molecule has 6 heteroatoms. The number of carboxylic acid groups (broad SMARTS) is 1. The number of aromatic hydroxyl groups is 1. The van der Waals surface area contributed by atoms with Crippen molar-refractivity contribution in [2.24, 2.45) is 0 Å². The highest BCUT2D eigenvalue weighted by Gasteiger charge is 2.21. The van der Waals surface area contributed by atoms with E-state index in [0.717, 1.165) is 10.6 Å². The Morgan fingerprint density at radius 2 is 1.90 bits per heavy atom. The van der Waals surface area contributed by atoms with Crippen LogP contribution in [0.2, 0.25) is 0 Å². The molecule has 0 fully saturated rings. The Morgan fingerprint density at radius 1 is 1.20 bits per heavy atom. The number of aromatic nitrogens is 2. The van der Waals surface area contributed by atoms with Crippen LogP contribution in [0.4, 0.5) is 0 Å². The van der Waals surface area contributed by atoms with E-state index in [4.69, 9.17) is 5.11 Å². The molecule has 0 unspecified atom stereocenters. The van der Waals surface area contributed by atoms with Gasteiger partial charge in [-0.05, 0) is 6.92 Å². The van der Waals surface area contributed by atoms with Crippen molar-refractivity contribution in [2.45, 2.75) is 6.92 Å². The van der Waals surface area contributed by atoms with E-state index in [9.17, 15) is 9.90 Å². The van der Waals surface area contributed by atoms with Crippen LogP contribution in [0.25, 0.3) is 21.5 Å². The lowest BCUT2D eigenvalue weighted by atomic mass is 10.1. The predicted molar refractivity (Wildman–Crippen MR) is 76.2 cm³/mol. The van der Waals surface area contributed by atoms with E-state index in [1.165, 1.54) is 11.3 Å². The number of hydrogen-bond acceptors (Lipinski definition) is 5. The van der Waals surface area contributed by atoms with Gasteiger partial charge in [0.25, 0.3) is 0 Å². The summed E-state index contributed by atoms with van der Waals surface area (Å²) in [5, 5.41) is 19.9. The Bertz CT molecular complexity index is 812. The Labute approximate surface area is 118 Å². The van der Waals surface area contributed by atoms with Gasteiger partial charge in [0.05, 0.1) is 10.7 Å². The van der Waals surface area contributed by atoms with E-state index >= 15 is 0 Å². The second-order valence-corrected chi connectivity index (χ2v) is 5.44. The first kappa shape index (κ1) is 12.6. The third-order valence-electron chi connectivity index (χ3n) is 2.87. The zero-order valence-corrected chi connectivity index (χ0v) is 11.3. The molecule has 2 N–H and O–H groups in total. The van der Waals surface area contributed by atoms with Gasteiger partial charge in [0.1, 0.15) is 10.2 Å². The monoisotopic (exact) mass is 286 g/mol. The summed E-state index contributed by atoms with van der Waals surface area (Å²) >= 11 is 1.25. The fourth-order valence-electron chi connectivity index (χ4n) is 2.02. The van der Waals surface area contributed by atoms with Gasteiger partial charge in [0, 0.05) is 5.56 Å². The van der Waals surface area contributed by atoms with Crippen molar-refractivity contribution in [3.63, 3.8) is 0 Å². The van der Waals surface area contributed by atoms with Gasteiger partial charge in [-0.2, -0.15) is 0 Å². The lowest BCUT2D eigenvalue weighted by Crippen LogP contribution is -2.02. The molecule has 2 aromatic heterocycles. The smallest absolute Gasteiger partial charge is 0.358 e. The Morgan fingerprint density at radius 3 is 2.55 bits per heavy atom. The van der Waals surface area contributed by atoms with Crippen molar-refractivity contribution in [1.29, 1.82) is 0 Å². The van der Waals surface area contributed by atoms with E-state index < -0.39 is 5.97 Å². The molecule has 0 radical (unpaired) electrons. The molecule has 0 bridgehead atoms. The van der Waals surface area contributed by atoms with Gasteiger partial charge in [-0.1, -0.05) is 30.3 Å². The van der Waals surface area contributed by atoms with Crippen LogP contribution in [0, 0.1) is 6.92 Å². The van der Waals surface area contributed by atoms with Crippen LogP contribution in [0.1, 0.15) is 15.5 Å². The Balaban J connectivity index is 2.42. The third-order valence-corrected chi connectivity index (χ3v) is 3.85. The van der Waals surface area contributed by atoms with Crippen molar-refractivity contribution in [3.05, 3.63) is 41.0 Å². The maximum Gasteiger partial charge on any atom is 0.358 e. The molecule has 3 rings (SSSR count). The number of hydrogen-bond donors (Lipinski definition) is 2. The number of rotatable bonds is 2. The van der Waals surface area contributed by atoms with Crippen LogP contribution in [0.15, 0.2) is 30.3 Å². The molecule has 0 atom stereocenters. The number of aryl methyl sites for hydroxylation is 1. The summed E-state index contributed by atoms with van der Waals surface area (Å²) in [4.78, 5) is 19.6. The summed E-state index contributed by atoms with van der Waals surface area (Å²) < 4.78 is 0.453.